The van der Waals surface area contributed by atoms with E-state index >= 15 is 0 Å². The molecule has 0 amide bonds. The Morgan fingerprint density at radius 1 is 0.964 bits per heavy atom. The van der Waals surface area contributed by atoms with Gasteiger partial charge in [-0.25, -0.2) is 9.18 Å². The van der Waals surface area contributed by atoms with Crippen LogP contribution in [0.4, 0.5) is 4.39 Å². The van der Waals surface area contributed by atoms with Crippen LogP contribution in [0, 0.1) is 5.82 Å². The lowest BCUT2D eigenvalue weighted by Gasteiger charge is -2.07. The molecule has 2 heterocycles. The van der Waals surface area contributed by atoms with E-state index in [0.717, 1.165) is 33.3 Å². The van der Waals surface area contributed by atoms with Crippen molar-refractivity contribution in [2.24, 2.45) is 0 Å². The van der Waals surface area contributed by atoms with E-state index in [9.17, 15) is 9.18 Å². The van der Waals surface area contributed by atoms with Gasteiger partial charge in [-0.1, -0.05) is 30.3 Å². The van der Waals surface area contributed by atoms with E-state index in [2.05, 4.69) is 15.7 Å². The molecular weight excluding hydrogens is 355 g/mol. The number of aromatic nitrogens is 2. The maximum Gasteiger partial charge on any atom is 0.323 e. The van der Waals surface area contributed by atoms with Crippen molar-refractivity contribution in [3.05, 3.63) is 105 Å². The van der Waals surface area contributed by atoms with Crippen LogP contribution in [0.25, 0.3) is 22.7 Å². The molecule has 136 valence electrons. The SMILES string of the molecule is O=c1[nH]c2ccc(C=C=C3c4ccccc4OCc4c(F)cccc43)cc2[nH]1. The third-order valence-electron chi connectivity index (χ3n) is 4.84. The Balaban J connectivity index is 1.73. The summed E-state index contributed by atoms with van der Waals surface area (Å²) in [6, 6.07) is 18.2. The van der Waals surface area contributed by atoms with Crippen LogP contribution in [0.3, 0.4) is 0 Å². The van der Waals surface area contributed by atoms with Gasteiger partial charge in [0.2, 0.25) is 0 Å². The highest BCUT2D eigenvalue weighted by Gasteiger charge is 2.20. The van der Waals surface area contributed by atoms with Gasteiger partial charge in [0.05, 0.1) is 11.0 Å². The van der Waals surface area contributed by atoms with Crippen LogP contribution < -0.4 is 10.4 Å². The number of imidazole rings is 1. The van der Waals surface area contributed by atoms with E-state index in [1.807, 2.05) is 54.6 Å². The highest BCUT2D eigenvalue weighted by Crippen LogP contribution is 2.36. The van der Waals surface area contributed by atoms with Gasteiger partial charge < -0.3 is 14.7 Å². The number of nitrogens with one attached hydrogen (secondary N) is 2. The maximum atomic E-state index is 14.4. The summed E-state index contributed by atoms with van der Waals surface area (Å²) in [5.41, 5.74) is 8.33. The first-order valence-electron chi connectivity index (χ1n) is 8.88. The molecule has 4 nitrogen and oxygen atoms in total. The van der Waals surface area contributed by atoms with Crippen LogP contribution in [-0.4, -0.2) is 9.97 Å². The van der Waals surface area contributed by atoms with Gasteiger partial charge in [-0.05, 0) is 47.5 Å². The van der Waals surface area contributed by atoms with Crippen LogP contribution in [0.5, 0.6) is 5.75 Å². The number of aromatic amines is 2. The standard InChI is InChI=1S/C23H15FN2O2/c24-19-6-3-5-15-16(17-4-1-2-7-22(17)28-13-18(15)19)10-8-14-9-11-20-21(12-14)26-23(27)25-20/h1-9,11-12H,13H2,(H2,25,26,27). The van der Waals surface area contributed by atoms with E-state index in [4.69, 9.17) is 4.74 Å². The Morgan fingerprint density at radius 2 is 1.79 bits per heavy atom. The molecule has 5 heteroatoms. The van der Waals surface area contributed by atoms with Crippen LogP contribution in [0.1, 0.15) is 22.3 Å². The summed E-state index contributed by atoms with van der Waals surface area (Å²) >= 11 is 0. The molecule has 0 bridgehead atoms. The van der Waals surface area contributed by atoms with Crippen molar-refractivity contribution >= 4 is 22.7 Å². The maximum absolute atomic E-state index is 14.4. The number of hydrogen-bond donors (Lipinski definition) is 2. The lowest BCUT2D eigenvalue weighted by Crippen LogP contribution is -1.99. The molecule has 0 spiro atoms. The minimum Gasteiger partial charge on any atom is -0.488 e. The second-order valence-corrected chi connectivity index (χ2v) is 6.60. The number of H-pyrrole nitrogens is 2. The molecule has 1 aliphatic rings. The van der Waals surface area contributed by atoms with Crippen molar-refractivity contribution in [3.63, 3.8) is 0 Å². The third-order valence-corrected chi connectivity index (χ3v) is 4.84. The van der Waals surface area contributed by atoms with Crippen LogP contribution in [0.2, 0.25) is 0 Å². The quantitative estimate of drug-likeness (QED) is 0.480. The van der Waals surface area contributed by atoms with Gasteiger partial charge in [-0.15, -0.1) is 5.73 Å². The minimum atomic E-state index is -0.295. The van der Waals surface area contributed by atoms with E-state index in [1.165, 1.54) is 6.07 Å². The first-order chi connectivity index (χ1) is 13.7. The van der Waals surface area contributed by atoms with Crippen molar-refractivity contribution in [1.29, 1.82) is 0 Å². The molecule has 0 fully saturated rings. The number of hydrogen-bond acceptors (Lipinski definition) is 2. The summed E-state index contributed by atoms with van der Waals surface area (Å²) in [6.07, 6.45) is 1.83. The van der Waals surface area contributed by atoms with Gasteiger partial charge in [0.1, 0.15) is 18.2 Å². The summed E-state index contributed by atoms with van der Waals surface area (Å²) in [4.78, 5) is 16.9. The zero-order valence-corrected chi connectivity index (χ0v) is 14.8. The zero-order chi connectivity index (χ0) is 19.1. The van der Waals surface area contributed by atoms with Gasteiger partial charge in [0.15, 0.2) is 0 Å². The van der Waals surface area contributed by atoms with Crippen molar-refractivity contribution in [2.75, 3.05) is 0 Å². The topological polar surface area (TPSA) is 57.9 Å². The lowest BCUT2D eigenvalue weighted by molar-refractivity contribution is 0.301. The fraction of sp³-hybridized carbons (Fsp3) is 0.0435. The van der Waals surface area contributed by atoms with Gasteiger partial charge >= 0.3 is 5.69 Å². The molecule has 1 aliphatic heterocycles. The Kier molecular flexibility index (Phi) is 3.75. The number of halogens is 1. The first kappa shape index (κ1) is 16.4. The molecule has 0 unspecified atom stereocenters. The van der Waals surface area contributed by atoms with Crippen molar-refractivity contribution in [1.82, 2.24) is 9.97 Å². The number of para-hydroxylation sites is 1. The number of benzene rings is 3. The summed E-state index contributed by atoms with van der Waals surface area (Å²) in [5.74, 6) is 0.398. The smallest absolute Gasteiger partial charge is 0.323 e. The van der Waals surface area contributed by atoms with Crippen molar-refractivity contribution < 1.29 is 9.13 Å². The van der Waals surface area contributed by atoms with Gasteiger partial charge in [-0.2, -0.15) is 0 Å². The predicted molar refractivity (Wildman–Crippen MR) is 107 cm³/mol. The van der Waals surface area contributed by atoms with Crippen LogP contribution in [0.15, 0.2) is 71.2 Å². The summed E-state index contributed by atoms with van der Waals surface area (Å²) < 4.78 is 20.3. The number of ether oxygens (including phenoxy) is 1. The fourth-order valence-electron chi connectivity index (χ4n) is 3.48. The van der Waals surface area contributed by atoms with E-state index in [0.29, 0.717) is 11.3 Å². The molecule has 0 saturated carbocycles. The Bertz CT molecular complexity index is 1340. The van der Waals surface area contributed by atoms with Crippen molar-refractivity contribution in [3.8, 4) is 5.75 Å². The molecule has 0 radical (unpaired) electrons. The molecule has 0 saturated heterocycles. The predicted octanol–water partition coefficient (Wildman–Crippen LogP) is 4.63. The molecule has 0 atom stereocenters. The molecule has 28 heavy (non-hydrogen) atoms. The van der Waals surface area contributed by atoms with Gasteiger partial charge in [-0.3, -0.25) is 0 Å². The normalized spacial score (nSPS) is 12.5. The van der Waals surface area contributed by atoms with E-state index in [-0.39, 0.29) is 18.1 Å². The largest absolute Gasteiger partial charge is 0.488 e. The second kappa shape index (κ2) is 6.41. The Hall–Kier alpha value is -3.82. The molecule has 0 aliphatic carbocycles. The van der Waals surface area contributed by atoms with Crippen molar-refractivity contribution in [2.45, 2.75) is 6.61 Å². The molecule has 4 aromatic rings. The fourth-order valence-corrected chi connectivity index (χ4v) is 3.48. The van der Waals surface area contributed by atoms with E-state index in [1.54, 1.807) is 6.07 Å². The van der Waals surface area contributed by atoms with Gasteiger partial charge in [0.25, 0.3) is 0 Å². The monoisotopic (exact) mass is 370 g/mol. The zero-order valence-electron chi connectivity index (χ0n) is 14.8. The molecule has 3 aromatic carbocycles. The molecular formula is C23H15FN2O2. The minimum absolute atomic E-state index is 0.167. The average Bonchev–Trinajstić information content (AvgIpc) is 2.99. The highest BCUT2D eigenvalue weighted by molar-refractivity contribution is 5.86. The lowest BCUT2D eigenvalue weighted by atomic mass is 9.94. The summed E-state index contributed by atoms with van der Waals surface area (Å²) in [7, 11) is 0. The summed E-state index contributed by atoms with van der Waals surface area (Å²) in [5, 5.41) is 0. The highest BCUT2D eigenvalue weighted by atomic mass is 19.1. The van der Waals surface area contributed by atoms with Crippen LogP contribution >= 0.6 is 0 Å². The Morgan fingerprint density at radius 3 is 2.71 bits per heavy atom. The second-order valence-electron chi connectivity index (χ2n) is 6.60. The van der Waals surface area contributed by atoms with Gasteiger partial charge in [0, 0.05) is 16.7 Å². The molecule has 2 N–H and O–H groups in total. The number of rotatable bonds is 1. The van der Waals surface area contributed by atoms with Crippen LogP contribution in [-0.2, 0) is 6.61 Å². The average molecular weight is 370 g/mol. The number of fused-ring (bicyclic) bond motifs is 3. The first-order valence-corrected chi connectivity index (χ1v) is 8.88. The molecule has 5 rings (SSSR count). The molecule has 1 aromatic heterocycles. The third kappa shape index (κ3) is 2.75. The summed E-state index contributed by atoms with van der Waals surface area (Å²) in [6.45, 7) is 0.167. The van der Waals surface area contributed by atoms with E-state index < -0.39 is 0 Å². The Labute approximate surface area is 159 Å².